The Morgan fingerprint density at radius 2 is 1.89 bits per heavy atom. The minimum atomic E-state index is -0.0590. The fourth-order valence-corrected chi connectivity index (χ4v) is 2.11. The van der Waals surface area contributed by atoms with Crippen molar-refractivity contribution >= 4 is 11.6 Å². The second-order valence-corrected chi connectivity index (χ2v) is 4.81. The third kappa shape index (κ3) is 5.29. The van der Waals surface area contributed by atoms with Gasteiger partial charge >= 0.3 is 0 Å². The Morgan fingerprint density at radius 3 is 2.53 bits per heavy atom. The van der Waals surface area contributed by atoms with Crippen LogP contribution in [0.1, 0.15) is 45.1 Å². The number of aliphatic hydroxyl groups is 1. The molecule has 1 rings (SSSR count). The monoisotopic (exact) mass is 286 g/mol. The van der Waals surface area contributed by atoms with Crippen molar-refractivity contribution in [2.45, 2.75) is 46.1 Å². The molecule has 0 aliphatic rings. The molecule has 0 aliphatic carbocycles. The lowest BCUT2D eigenvalue weighted by atomic mass is 10.2. The van der Waals surface area contributed by atoms with Gasteiger partial charge in [0.25, 0.3) is 0 Å². The van der Waals surface area contributed by atoms with Gasteiger partial charge < -0.3 is 14.6 Å². The first-order valence-electron chi connectivity index (χ1n) is 6.91. The summed E-state index contributed by atoms with van der Waals surface area (Å²) < 4.78 is 11.2. The molecule has 0 aliphatic heterocycles. The second kappa shape index (κ2) is 9.05. The van der Waals surface area contributed by atoms with Gasteiger partial charge in [-0.15, -0.1) is 0 Å². The van der Waals surface area contributed by atoms with E-state index >= 15 is 0 Å². The largest absolute Gasteiger partial charge is 0.490 e. The summed E-state index contributed by atoms with van der Waals surface area (Å²) in [5, 5.41) is 9.65. The predicted octanol–water partition coefficient (Wildman–Crippen LogP) is 4.19. The summed E-state index contributed by atoms with van der Waals surface area (Å²) in [6, 6.07) is 3.49. The normalized spacial score (nSPS) is 10.5. The first-order valence-corrected chi connectivity index (χ1v) is 7.29. The number of hydrogen-bond donors (Lipinski definition) is 1. The van der Waals surface area contributed by atoms with Crippen molar-refractivity contribution < 1.29 is 14.6 Å². The van der Waals surface area contributed by atoms with Crippen LogP contribution in [0.15, 0.2) is 12.1 Å². The van der Waals surface area contributed by atoms with Gasteiger partial charge in [0.2, 0.25) is 0 Å². The zero-order chi connectivity index (χ0) is 14.1. The van der Waals surface area contributed by atoms with E-state index in [4.69, 9.17) is 26.2 Å². The van der Waals surface area contributed by atoms with Crippen molar-refractivity contribution in [2.24, 2.45) is 0 Å². The highest BCUT2D eigenvalue weighted by molar-refractivity contribution is 6.32. The molecule has 0 saturated carbocycles. The average Bonchev–Trinajstić information content (AvgIpc) is 2.41. The minimum absolute atomic E-state index is 0.0590. The molecule has 0 aromatic heterocycles. The molecule has 0 heterocycles. The summed E-state index contributed by atoms with van der Waals surface area (Å²) in [5.74, 6) is 1.19. The Bertz CT molecular complexity index is 380. The number of halogens is 1. The molecule has 19 heavy (non-hydrogen) atoms. The maximum Gasteiger partial charge on any atom is 0.179 e. The van der Waals surface area contributed by atoms with Crippen LogP contribution in [0.3, 0.4) is 0 Å². The van der Waals surface area contributed by atoms with Crippen LogP contribution in [0, 0.1) is 0 Å². The molecule has 0 fully saturated rings. The topological polar surface area (TPSA) is 38.7 Å². The number of aliphatic hydroxyl groups excluding tert-OH is 1. The smallest absolute Gasteiger partial charge is 0.179 e. The summed E-state index contributed by atoms with van der Waals surface area (Å²) in [4.78, 5) is 0. The predicted molar refractivity (Wildman–Crippen MR) is 78.2 cm³/mol. The van der Waals surface area contributed by atoms with E-state index in [0.717, 1.165) is 18.4 Å². The van der Waals surface area contributed by atoms with Crippen LogP contribution in [-0.2, 0) is 6.61 Å². The Hall–Kier alpha value is -0.930. The molecule has 3 nitrogen and oxygen atoms in total. The number of benzene rings is 1. The molecule has 1 aromatic rings. The Balaban J connectivity index is 2.68. The molecule has 0 bridgehead atoms. The molecule has 0 unspecified atom stereocenters. The highest BCUT2D eigenvalue weighted by Gasteiger charge is 2.12. The van der Waals surface area contributed by atoms with E-state index in [0.29, 0.717) is 29.7 Å². The van der Waals surface area contributed by atoms with Crippen molar-refractivity contribution in [3.8, 4) is 11.5 Å². The fourth-order valence-electron chi connectivity index (χ4n) is 1.82. The molecule has 1 N–H and O–H groups in total. The van der Waals surface area contributed by atoms with E-state index in [2.05, 4.69) is 6.92 Å². The highest BCUT2D eigenvalue weighted by Crippen LogP contribution is 2.36. The molecular formula is C15H23ClO3. The molecule has 1 aromatic carbocycles. The van der Waals surface area contributed by atoms with Gasteiger partial charge in [-0.2, -0.15) is 0 Å². The van der Waals surface area contributed by atoms with Gasteiger partial charge in [-0.3, -0.25) is 0 Å². The lowest BCUT2D eigenvalue weighted by Gasteiger charge is -2.14. The van der Waals surface area contributed by atoms with Crippen LogP contribution in [0.2, 0.25) is 5.02 Å². The van der Waals surface area contributed by atoms with Crippen LogP contribution < -0.4 is 9.47 Å². The summed E-state index contributed by atoms with van der Waals surface area (Å²) >= 11 is 6.17. The Labute approximate surface area is 120 Å². The van der Waals surface area contributed by atoms with E-state index in [9.17, 15) is 0 Å². The van der Waals surface area contributed by atoms with Crippen molar-refractivity contribution in [2.75, 3.05) is 13.2 Å². The molecule has 0 atom stereocenters. The summed E-state index contributed by atoms with van der Waals surface area (Å²) in [6.45, 7) is 5.20. The number of hydrogen-bond acceptors (Lipinski definition) is 3. The molecular weight excluding hydrogens is 264 g/mol. The minimum Gasteiger partial charge on any atom is -0.490 e. The van der Waals surface area contributed by atoms with Crippen LogP contribution in [0.5, 0.6) is 11.5 Å². The van der Waals surface area contributed by atoms with Gasteiger partial charge in [-0.25, -0.2) is 0 Å². The SMILES string of the molecule is CCCCCCOc1c(Cl)cc(CO)cc1OCC. The van der Waals surface area contributed by atoms with Crippen molar-refractivity contribution in [3.05, 3.63) is 22.7 Å². The lowest BCUT2D eigenvalue weighted by molar-refractivity contribution is 0.265. The van der Waals surface area contributed by atoms with E-state index in [1.54, 1.807) is 12.1 Å². The first kappa shape index (κ1) is 16.1. The van der Waals surface area contributed by atoms with Gasteiger partial charge in [0.15, 0.2) is 11.5 Å². The van der Waals surface area contributed by atoms with E-state index in [-0.39, 0.29) is 6.61 Å². The average molecular weight is 287 g/mol. The highest BCUT2D eigenvalue weighted by atomic mass is 35.5. The Kier molecular flexibility index (Phi) is 7.68. The summed E-state index contributed by atoms with van der Waals surface area (Å²) in [5.41, 5.74) is 0.729. The van der Waals surface area contributed by atoms with Crippen LogP contribution >= 0.6 is 11.6 Å². The maximum atomic E-state index is 9.16. The van der Waals surface area contributed by atoms with Crippen LogP contribution in [0.4, 0.5) is 0 Å². The van der Waals surface area contributed by atoms with Crippen molar-refractivity contribution in [3.63, 3.8) is 0 Å². The standard InChI is InChI=1S/C15H23ClO3/c1-3-5-6-7-8-19-15-13(16)9-12(11-17)10-14(15)18-4-2/h9-10,17H,3-8,11H2,1-2H3. The molecule has 0 saturated heterocycles. The first-order chi connectivity index (χ1) is 9.22. The van der Waals surface area contributed by atoms with Gasteiger partial charge in [0.05, 0.1) is 24.8 Å². The van der Waals surface area contributed by atoms with Gasteiger partial charge in [0.1, 0.15) is 0 Å². The number of ether oxygens (including phenoxy) is 2. The van der Waals surface area contributed by atoms with Gasteiger partial charge in [-0.05, 0) is 31.0 Å². The molecule has 0 radical (unpaired) electrons. The van der Waals surface area contributed by atoms with E-state index in [1.807, 2.05) is 6.92 Å². The van der Waals surface area contributed by atoms with E-state index < -0.39 is 0 Å². The summed E-state index contributed by atoms with van der Waals surface area (Å²) in [7, 11) is 0. The molecule has 4 heteroatoms. The maximum absolute atomic E-state index is 9.16. The van der Waals surface area contributed by atoms with Crippen molar-refractivity contribution in [1.82, 2.24) is 0 Å². The van der Waals surface area contributed by atoms with Gasteiger partial charge in [0, 0.05) is 0 Å². The van der Waals surface area contributed by atoms with Crippen LogP contribution in [0.25, 0.3) is 0 Å². The number of unbranched alkanes of at least 4 members (excludes halogenated alkanes) is 3. The summed E-state index contributed by atoms with van der Waals surface area (Å²) in [6.07, 6.45) is 4.60. The fraction of sp³-hybridized carbons (Fsp3) is 0.600. The zero-order valence-electron chi connectivity index (χ0n) is 11.7. The third-order valence-corrected chi connectivity index (χ3v) is 3.08. The third-order valence-electron chi connectivity index (χ3n) is 2.80. The Morgan fingerprint density at radius 1 is 1.11 bits per heavy atom. The van der Waals surface area contributed by atoms with E-state index in [1.165, 1.54) is 12.8 Å². The second-order valence-electron chi connectivity index (χ2n) is 4.41. The van der Waals surface area contributed by atoms with Gasteiger partial charge in [-0.1, -0.05) is 37.8 Å². The molecule has 108 valence electrons. The van der Waals surface area contributed by atoms with Crippen molar-refractivity contribution in [1.29, 1.82) is 0 Å². The zero-order valence-corrected chi connectivity index (χ0v) is 12.5. The lowest BCUT2D eigenvalue weighted by Crippen LogP contribution is -2.02. The number of rotatable bonds is 9. The molecule has 0 amide bonds. The van der Waals surface area contributed by atoms with Crippen LogP contribution in [-0.4, -0.2) is 18.3 Å². The molecule has 0 spiro atoms. The quantitative estimate of drug-likeness (QED) is 0.692.